The monoisotopic (exact) mass is 301 g/mol. The van der Waals surface area contributed by atoms with Gasteiger partial charge >= 0.3 is 0 Å². The predicted octanol–water partition coefficient (Wildman–Crippen LogP) is 3.21. The van der Waals surface area contributed by atoms with Crippen LogP contribution < -0.4 is 4.72 Å². The Bertz CT molecular complexity index is 760. The van der Waals surface area contributed by atoms with Gasteiger partial charge in [-0.15, -0.1) is 0 Å². The Morgan fingerprint density at radius 1 is 0.950 bits per heavy atom. The molecule has 3 nitrogen and oxygen atoms in total. The Balaban J connectivity index is 2.40. The normalized spacial score (nSPS) is 11.4. The van der Waals surface area contributed by atoms with Crippen molar-refractivity contribution >= 4 is 15.7 Å². The molecule has 0 atom stereocenters. The minimum absolute atomic E-state index is 0.279. The lowest BCUT2D eigenvalue weighted by Gasteiger charge is -2.09. The lowest BCUT2D eigenvalue weighted by molar-refractivity contribution is 0.589. The molecule has 0 fully saturated rings. The maximum absolute atomic E-state index is 13.4. The van der Waals surface area contributed by atoms with Crippen molar-refractivity contribution in [1.29, 1.82) is 0 Å². The highest BCUT2D eigenvalue weighted by atomic mass is 32.2. The molecule has 0 bridgehead atoms. The maximum atomic E-state index is 13.4. The standard InChI is InChI=1S/C13H10F3NO2S/c1-8-2-4-10(7-12(8)16)20(18,19)17-13-6-9(14)3-5-11(13)15/h2-7,17H,1H3. The fourth-order valence-electron chi connectivity index (χ4n) is 1.52. The molecule has 0 aliphatic heterocycles. The number of halogens is 3. The Morgan fingerprint density at radius 3 is 2.30 bits per heavy atom. The average molecular weight is 301 g/mol. The highest BCUT2D eigenvalue weighted by Gasteiger charge is 2.18. The summed E-state index contributed by atoms with van der Waals surface area (Å²) in [6, 6.07) is 5.64. The predicted molar refractivity (Wildman–Crippen MR) is 68.3 cm³/mol. The third-order valence-electron chi connectivity index (χ3n) is 2.63. The van der Waals surface area contributed by atoms with Crippen LogP contribution in [0, 0.1) is 24.4 Å². The molecular weight excluding hydrogens is 291 g/mol. The summed E-state index contributed by atoms with van der Waals surface area (Å²) >= 11 is 0. The number of benzene rings is 2. The van der Waals surface area contributed by atoms with Gasteiger partial charge in [-0.1, -0.05) is 6.07 Å². The third-order valence-corrected chi connectivity index (χ3v) is 3.99. The van der Waals surface area contributed by atoms with E-state index in [0.29, 0.717) is 6.07 Å². The molecule has 0 aliphatic carbocycles. The number of hydrogen-bond acceptors (Lipinski definition) is 2. The van der Waals surface area contributed by atoms with E-state index >= 15 is 0 Å². The van der Waals surface area contributed by atoms with Crippen molar-refractivity contribution in [1.82, 2.24) is 0 Å². The molecule has 1 N–H and O–H groups in total. The van der Waals surface area contributed by atoms with Crippen LogP contribution in [0.1, 0.15) is 5.56 Å². The van der Waals surface area contributed by atoms with Crippen molar-refractivity contribution in [3.63, 3.8) is 0 Å². The minimum Gasteiger partial charge on any atom is -0.277 e. The quantitative estimate of drug-likeness (QED) is 0.946. The number of hydrogen-bond donors (Lipinski definition) is 1. The van der Waals surface area contributed by atoms with Crippen molar-refractivity contribution in [2.75, 3.05) is 4.72 Å². The topological polar surface area (TPSA) is 46.2 Å². The molecule has 106 valence electrons. The van der Waals surface area contributed by atoms with Gasteiger partial charge in [-0.3, -0.25) is 4.72 Å². The summed E-state index contributed by atoms with van der Waals surface area (Å²) in [4.78, 5) is -0.371. The summed E-state index contributed by atoms with van der Waals surface area (Å²) in [5.41, 5.74) is -0.258. The van der Waals surface area contributed by atoms with Gasteiger partial charge in [-0.05, 0) is 36.8 Å². The fourth-order valence-corrected chi connectivity index (χ4v) is 2.59. The van der Waals surface area contributed by atoms with E-state index in [1.54, 1.807) is 0 Å². The lowest BCUT2D eigenvalue weighted by atomic mass is 10.2. The van der Waals surface area contributed by atoms with Crippen LogP contribution in [0.15, 0.2) is 41.3 Å². The van der Waals surface area contributed by atoms with Gasteiger partial charge in [-0.2, -0.15) is 0 Å². The van der Waals surface area contributed by atoms with Gasteiger partial charge in [0.2, 0.25) is 0 Å². The maximum Gasteiger partial charge on any atom is 0.262 e. The van der Waals surface area contributed by atoms with Crippen molar-refractivity contribution < 1.29 is 21.6 Å². The highest BCUT2D eigenvalue weighted by Crippen LogP contribution is 2.21. The van der Waals surface area contributed by atoms with Gasteiger partial charge < -0.3 is 0 Å². The third kappa shape index (κ3) is 2.93. The van der Waals surface area contributed by atoms with Crippen LogP contribution in [0.3, 0.4) is 0 Å². The smallest absolute Gasteiger partial charge is 0.262 e. The first-order valence-electron chi connectivity index (χ1n) is 5.53. The zero-order valence-corrected chi connectivity index (χ0v) is 11.1. The van der Waals surface area contributed by atoms with Crippen molar-refractivity contribution in [3.05, 3.63) is 59.4 Å². The van der Waals surface area contributed by atoms with Crippen LogP contribution in [0.5, 0.6) is 0 Å². The Hall–Kier alpha value is -2.02. The zero-order chi connectivity index (χ0) is 14.9. The van der Waals surface area contributed by atoms with E-state index in [-0.39, 0.29) is 10.5 Å². The van der Waals surface area contributed by atoms with Gasteiger partial charge in [0.05, 0.1) is 10.6 Å². The largest absolute Gasteiger partial charge is 0.277 e. The number of anilines is 1. The van der Waals surface area contributed by atoms with Crippen LogP contribution in [0.4, 0.5) is 18.9 Å². The molecule has 20 heavy (non-hydrogen) atoms. The molecule has 2 rings (SSSR count). The first kappa shape index (κ1) is 14.4. The van der Waals surface area contributed by atoms with Crippen molar-refractivity contribution in [2.45, 2.75) is 11.8 Å². The van der Waals surface area contributed by atoms with Crippen molar-refractivity contribution in [3.8, 4) is 0 Å². The van der Waals surface area contributed by atoms with Crippen molar-refractivity contribution in [2.24, 2.45) is 0 Å². The van der Waals surface area contributed by atoms with Crippen LogP contribution in [-0.4, -0.2) is 8.42 Å². The van der Waals surface area contributed by atoms with Gasteiger partial charge in [0.25, 0.3) is 10.0 Å². The average Bonchev–Trinajstić information content (AvgIpc) is 2.36. The van der Waals surface area contributed by atoms with E-state index in [1.165, 1.54) is 19.1 Å². The summed E-state index contributed by atoms with van der Waals surface area (Å²) in [6.45, 7) is 1.48. The SMILES string of the molecule is Cc1ccc(S(=O)(=O)Nc2cc(F)ccc2F)cc1F. The molecule has 0 unspecified atom stereocenters. The van der Waals surface area contributed by atoms with E-state index in [4.69, 9.17) is 0 Å². The molecule has 0 heterocycles. The molecule has 0 aliphatic rings. The van der Waals surface area contributed by atoms with Gasteiger partial charge in [0, 0.05) is 6.07 Å². The highest BCUT2D eigenvalue weighted by molar-refractivity contribution is 7.92. The minimum atomic E-state index is -4.19. The molecule has 0 saturated heterocycles. The van der Waals surface area contributed by atoms with Crippen LogP contribution >= 0.6 is 0 Å². The van der Waals surface area contributed by atoms with Crippen LogP contribution in [-0.2, 0) is 10.0 Å². The molecule has 7 heteroatoms. The van der Waals surface area contributed by atoms with Crippen LogP contribution in [0.2, 0.25) is 0 Å². The van der Waals surface area contributed by atoms with E-state index in [1.807, 2.05) is 4.72 Å². The van der Waals surface area contributed by atoms with Gasteiger partial charge in [0.1, 0.15) is 17.5 Å². The molecule has 2 aromatic carbocycles. The second-order valence-corrected chi connectivity index (χ2v) is 5.82. The lowest BCUT2D eigenvalue weighted by Crippen LogP contribution is -2.14. The van der Waals surface area contributed by atoms with Gasteiger partial charge in [-0.25, -0.2) is 21.6 Å². The van der Waals surface area contributed by atoms with E-state index < -0.39 is 33.2 Å². The molecule has 0 saturated carbocycles. The second kappa shape index (κ2) is 5.16. The number of sulfonamides is 1. The van der Waals surface area contributed by atoms with Gasteiger partial charge in [0.15, 0.2) is 0 Å². The molecular formula is C13H10F3NO2S. The van der Waals surface area contributed by atoms with E-state index in [9.17, 15) is 21.6 Å². The summed E-state index contributed by atoms with van der Waals surface area (Å²) in [5, 5.41) is 0. The number of aryl methyl sites for hydroxylation is 1. The summed E-state index contributed by atoms with van der Waals surface area (Å²) in [7, 11) is -4.19. The first-order valence-corrected chi connectivity index (χ1v) is 7.02. The van der Waals surface area contributed by atoms with E-state index in [0.717, 1.165) is 18.2 Å². The number of rotatable bonds is 3. The summed E-state index contributed by atoms with van der Waals surface area (Å²) in [5.74, 6) is -2.42. The fraction of sp³-hybridized carbons (Fsp3) is 0.0769. The summed E-state index contributed by atoms with van der Waals surface area (Å²) < 4.78 is 65.5. The molecule has 2 aromatic rings. The Morgan fingerprint density at radius 2 is 1.65 bits per heavy atom. The second-order valence-electron chi connectivity index (χ2n) is 4.14. The Kier molecular flexibility index (Phi) is 3.71. The summed E-state index contributed by atoms with van der Waals surface area (Å²) in [6.07, 6.45) is 0. The van der Waals surface area contributed by atoms with Crippen LogP contribution in [0.25, 0.3) is 0 Å². The zero-order valence-electron chi connectivity index (χ0n) is 10.3. The first-order chi connectivity index (χ1) is 9.29. The number of nitrogens with one attached hydrogen (secondary N) is 1. The molecule has 0 radical (unpaired) electrons. The van der Waals surface area contributed by atoms with E-state index in [2.05, 4.69) is 0 Å². The molecule has 0 amide bonds. The molecule has 0 spiro atoms. The molecule has 0 aromatic heterocycles. The Labute approximate surface area is 114 Å².